The molecule has 0 spiro atoms. The summed E-state index contributed by atoms with van der Waals surface area (Å²) >= 11 is 4.61. The highest BCUT2D eigenvalue weighted by Crippen LogP contribution is 2.33. The zero-order chi connectivity index (χ0) is 17.5. The molecule has 0 saturated carbocycles. The molecule has 2 heterocycles. The highest BCUT2D eigenvalue weighted by molar-refractivity contribution is 9.10. The summed E-state index contributed by atoms with van der Waals surface area (Å²) in [5.74, 6) is 0. The van der Waals surface area contributed by atoms with E-state index in [0.29, 0.717) is 5.69 Å². The van der Waals surface area contributed by atoms with Crippen molar-refractivity contribution in [2.45, 2.75) is 25.0 Å². The summed E-state index contributed by atoms with van der Waals surface area (Å²) < 4.78 is 29.0. The summed E-state index contributed by atoms with van der Waals surface area (Å²) in [5, 5.41) is 7.17. The molecule has 0 radical (unpaired) electrons. The van der Waals surface area contributed by atoms with Crippen LogP contribution in [0.3, 0.4) is 0 Å². The van der Waals surface area contributed by atoms with Crippen LogP contribution in [0.5, 0.6) is 0 Å². The number of aryl methyl sites for hydroxylation is 2. The predicted molar refractivity (Wildman–Crippen MR) is 101 cm³/mol. The number of thiophene rings is 1. The molecule has 0 saturated heterocycles. The Morgan fingerprint density at radius 2 is 1.92 bits per heavy atom. The molecular formula is C16H16BrN3O2S2. The van der Waals surface area contributed by atoms with Crippen molar-refractivity contribution in [3.63, 3.8) is 0 Å². The van der Waals surface area contributed by atoms with E-state index in [9.17, 15) is 8.42 Å². The third-order valence-corrected chi connectivity index (χ3v) is 7.60. The van der Waals surface area contributed by atoms with Crippen LogP contribution in [0.4, 0.5) is 5.69 Å². The molecule has 1 aromatic carbocycles. The molecule has 0 atom stereocenters. The van der Waals surface area contributed by atoms with Crippen LogP contribution in [0.25, 0.3) is 10.6 Å². The molecule has 2 aromatic heterocycles. The number of benzene rings is 1. The molecule has 0 aliphatic heterocycles. The molecule has 126 valence electrons. The number of nitrogens with one attached hydrogen (secondary N) is 2. The maximum atomic E-state index is 12.6. The Morgan fingerprint density at radius 3 is 2.54 bits per heavy atom. The van der Waals surface area contributed by atoms with Gasteiger partial charge in [-0.3, -0.25) is 9.82 Å². The summed E-state index contributed by atoms with van der Waals surface area (Å²) in [6.45, 7) is 5.81. The Kier molecular flexibility index (Phi) is 4.54. The molecule has 3 aromatic rings. The van der Waals surface area contributed by atoms with Gasteiger partial charge in [0, 0.05) is 15.9 Å². The number of H-pyrrole nitrogens is 1. The Balaban J connectivity index is 1.90. The minimum Gasteiger partial charge on any atom is -0.282 e. The van der Waals surface area contributed by atoms with Crippen LogP contribution < -0.4 is 4.72 Å². The first-order valence-corrected chi connectivity index (χ1v) is 10.3. The summed E-state index contributed by atoms with van der Waals surface area (Å²) in [4.78, 5) is 0.823. The summed E-state index contributed by atoms with van der Waals surface area (Å²) in [7, 11) is -3.62. The van der Waals surface area contributed by atoms with E-state index in [2.05, 4.69) is 30.8 Å². The van der Waals surface area contributed by atoms with Gasteiger partial charge in [-0.05, 0) is 62.2 Å². The molecule has 0 fully saturated rings. The smallest absolute Gasteiger partial charge is 0.271 e. The third-order valence-electron chi connectivity index (χ3n) is 3.74. The number of hydrogen-bond acceptors (Lipinski definition) is 4. The van der Waals surface area contributed by atoms with Crippen molar-refractivity contribution in [1.82, 2.24) is 10.2 Å². The number of anilines is 1. The highest BCUT2D eigenvalue weighted by atomic mass is 79.9. The lowest BCUT2D eigenvalue weighted by molar-refractivity contribution is 0.603. The minimum absolute atomic E-state index is 0.262. The molecule has 24 heavy (non-hydrogen) atoms. The van der Waals surface area contributed by atoms with Gasteiger partial charge in [0.2, 0.25) is 0 Å². The van der Waals surface area contributed by atoms with Crippen molar-refractivity contribution in [1.29, 1.82) is 0 Å². The fraction of sp³-hybridized carbons (Fsp3) is 0.188. The topological polar surface area (TPSA) is 74.8 Å². The van der Waals surface area contributed by atoms with Gasteiger partial charge in [0.05, 0.1) is 4.88 Å². The lowest BCUT2D eigenvalue weighted by atomic mass is 10.2. The second-order valence-electron chi connectivity index (χ2n) is 5.51. The Hall–Kier alpha value is -1.64. The second-order valence-corrected chi connectivity index (χ2v) is 9.36. The zero-order valence-corrected chi connectivity index (χ0v) is 16.6. The molecule has 2 N–H and O–H groups in total. The first-order chi connectivity index (χ1) is 11.3. The van der Waals surface area contributed by atoms with E-state index in [1.54, 1.807) is 24.3 Å². The molecule has 0 aliphatic carbocycles. The van der Waals surface area contributed by atoms with Crippen LogP contribution in [0.2, 0.25) is 0 Å². The van der Waals surface area contributed by atoms with Gasteiger partial charge >= 0.3 is 0 Å². The zero-order valence-electron chi connectivity index (χ0n) is 13.3. The molecule has 0 unspecified atom stereocenters. The van der Waals surface area contributed by atoms with Crippen LogP contribution in [0.15, 0.2) is 39.0 Å². The summed E-state index contributed by atoms with van der Waals surface area (Å²) in [6.07, 6.45) is 0. The first kappa shape index (κ1) is 17.2. The number of nitrogens with zero attached hydrogens (tertiary/aromatic N) is 1. The van der Waals surface area contributed by atoms with Gasteiger partial charge in [-0.1, -0.05) is 15.9 Å². The number of halogens is 1. The molecule has 0 bridgehead atoms. The maximum Gasteiger partial charge on any atom is 0.271 e. The van der Waals surface area contributed by atoms with Crippen LogP contribution in [0, 0.1) is 20.8 Å². The average molecular weight is 426 g/mol. The Bertz CT molecular complexity index is 1010. The van der Waals surface area contributed by atoms with Gasteiger partial charge in [0.15, 0.2) is 0 Å². The Labute approximate surface area is 153 Å². The van der Waals surface area contributed by atoms with Crippen molar-refractivity contribution in [2.75, 3.05) is 4.72 Å². The minimum atomic E-state index is -3.62. The quantitative estimate of drug-likeness (QED) is 0.639. The van der Waals surface area contributed by atoms with Gasteiger partial charge in [0.1, 0.15) is 9.90 Å². The molecular weight excluding hydrogens is 410 g/mol. The van der Waals surface area contributed by atoms with E-state index in [1.165, 1.54) is 11.3 Å². The SMILES string of the molecule is Cc1cc(NS(=O)(=O)c2ccc(-c3n[nH]c(C)c3C)s2)ccc1Br. The van der Waals surface area contributed by atoms with E-state index in [-0.39, 0.29) is 4.21 Å². The first-order valence-electron chi connectivity index (χ1n) is 7.18. The van der Waals surface area contributed by atoms with Gasteiger partial charge in [-0.2, -0.15) is 5.10 Å². The van der Waals surface area contributed by atoms with Crippen molar-refractivity contribution in [3.8, 4) is 10.6 Å². The molecule has 5 nitrogen and oxygen atoms in total. The van der Waals surface area contributed by atoms with Crippen LogP contribution >= 0.6 is 27.3 Å². The lowest BCUT2D eigenvalue weighted by Gasteiger charge is -2.07. The second kappa shape index (κ2) is 6.34. The average Bonchev–Trinajstić information content (AvgIpc) is 3.12. The van der Waals surface area contributed by atoms with Crippen LogP contribution in [-0.2, 0) is 10.0 Å². The monoisotopic (exact) mass is 425 g/mol. The standard InChI is InChI=1S/C16H16BrN3O2S2/c1-9-8-12(4-5-13(9)17)20-24(21,22)15-7-6-14(23-15)16-10(2)11(3)18-19-16/h4-8,20H,1-3H3,(H,18,19). The number of rotatable bonds is 4. The van der Waals surface area contributed by atoms with E-state index in [4.69, 9.17) is 0 Å². The van der Waals surface area contributed by atoms with Crippen LogP contribution in [-0.4, -0.2) is 18.6 Å². The Morgan fingerprint density at radius 1 is 1.17 bits per heavy atom. The van der Waals surface area contributed by atoms with Crippen molar-refractivity contribution >= 4 is 43.0 Å². The van der Waals surface area contributed by atoms with Gasteiger partial charge in [-0.25, -0.2) is 8.42 Å². The van der Waals surface area contributed by atoms with E-state index in [0.717, 1.165) is 31.9 Å². The fourth-order valence-corrected chi connectivity index (χ4v) is 4.88. The highest BCUT2D eigenvalue weighted by Gasteiger charge is 2.19. The summed E-state index contributed by atoms with van der Waals surface area (Å²) in [6, 6.07) is 8.73. The molecule has 0 aliphatic rings. The molecule has 0 amide bonds. The lowest BCUT2D eigenvalue weighted by Crippen LogP contribution is -2.11. The number of sulfonamides is 1. The largest absolute Gasteiger partial charge is 0.282 e. The number of aromatic amines is 1. The number of hydrogen-bond donors (Lipinski definition) is 2. The fourth-order valence-electron chi connectivity index (χ4n) is 2.23. The normalized spacial score (nSPS) is 11.7. The summed E-state index contributed by atoms with van der Waals surface area (Å²) in [5.41, 5.74) is 4.30. The predicted octanol–water partition coefficient (Wildman–Crippen LogP) is 4.63. The van der Waals surface area contributed by atoms with Gasteiger partial charge in [-0.15, -0.1) is 11.3 Å². The van der Waals surface area contributed by atoms with Crippen molar-refractivity contribution in [3.05, 3.63) is 51.6 Å². The molecule has 8 heteroatoms. The third kappa shape index (κ3) is 3.26. The van der Waals surface area contributed by atoms with Gasteiger partial charge in [0.25, 0.3) is 10.0 Å². The van der Waals surface area contributed by atoms with Gasteiger partial charge < -0.3 is 0 Å². The van der Waals surface area contributed by atoms with Crippen molar-refractivity contribution in [2.24, 2.45) is 0 Å². The maximum absolute atomic E-state index is 12.6. The van der Waals surface area contributed by atoms with E-state index >= 15 is 0 Å². The van der Waals surface area contributed by atoms with Crippen molar-refractivity contribution < 1.29 is 8.42 Å². The number of aromatic nitrogens is 2. The van der Waals surface area contributed by atoms with E-state index < -0.39 is 10.0 Å². The molecule has 3 rings (SSSR count). The van der Waals surface area contributed by atoms with Crippen LogP contribution in [0.1, 0.15) is 16.8 Å². The van der Waals surface area contributed by atoms with E-state index in [1.807, 2.05) is 26.8 Å².